The zero-order chi connectivity index (χ0) is 12.1. The molecule has 4 N–H and O–H groups in total. The van der Waals surface area contributed by atoms with Crippen molar-refractivity contribution in [2.75, 3.05) is 6.54 Å². The van der Waals surface area contributed by atoms with E-state index in [1.54, 1.807) is 6.92 Å². The molecule has 2 unspecified atom stereocenters. The molecule has 0 spiro atoms. The largest absolute Gasteiger partial charge is 0.387 e. The molecule has 0 saturated heterocycles. The Morgan fingerprint density at radius 3 is 2.50 bits per heavy atom. The standard InChI is InChI=1S/C12H18N2O2/c1-8-3-5-10(6-4-8)11(15)7-14-12(16)9(2)13/h3-6,9,11,15H,7,13H2,1-2H3,(H,14,16). The summed E-state index contributed by atoms with van der Waals surface area (Å²) in [5.74, 6) is -0.258. The molecule has 1 rings (SSSR count). The third kappa shape index (κ3) is 3.64. The van der Waals surface area contributed by atoms with Crippen LogP contribution < -0.4 is 11.1 Å². The van der Waals surface area contributed by atoms with Gasteiger partial charge in [0.15, 0.2) is 0 Å². The van der Waals surface area contributed by atoms with Gasteiger partial charge < -0.3 is 16.2 Å². The average molecular weight is 222 g/mol. The molecule has 0 aromatic heterocycles. The van der Waals surface area contributed by atoms with Gasteiger partial charge in [-0.15, -0.1) is 0 Å². The lowest BCUT2D eigenvalue weighted by Crippen LogP contribution is -2.40. The van der Waals surface area contributed by atoms with Crippen molar-refractivity contribution >= 4 is 5.91 Å². The molecule has 1 aromatic carbocycles. The summed E-state index contributed by atoms with van der Waals surface area (Å²) >= 11 is 0. The van der Waals surface area contributed by atoms with Gasteiger partial charge in [-0.25, -0.2) is 0 Å². The Labute approximate surface area is 95.5 Å². The van der Waals surface area contributed by atoms with Crippen molar-refractivity contribution in [3.63, 3.8) is 0 Å². The smallest absolute Gasteiger partial charge is 0.236 e. The number of benzene rings is 1. The van der Waals surface area contributed by atoms with E-state index in [9.17, 15) is 9.90 Å². The molecule has 0 fully saturated rings. The topological polar surface area (TPSA) is 75.3 Å². The summed E-state index contributed by atoms with van der Waals surface area (Å²) in [6, 6.07) is 6.98. The Bertz CT molecular complexity index is 347. The molecule has 0 radical (unpaired) electrons. The van der Waals surface area contributed by atoms with Crippen LogP contribution in [0.15, 0.2) is 24.3 Å². The number of aryl methyl sites for hydroxylation is 1. The molecule has 2 atom stereocenters. The maximum atomic E-state index is 11.2. The van der Waals surface area contributed by atoms with Gasteiger partial charge in [0.25, 0.3) is 0 Å². The predicted octanol–water partition coefficient (Wildman–Crippen LogP) is 0.492. The highest BCUT2D eigenvalue weighted by Crippen LogP contribution is 2.12. The molecular formula is C12H18N2O2. The minimum Gasteiger partial charge on any atom is -0.387 e. The fourth-order valence-electron chi connectivity index (χ4n) is 1.26. The number of hydrogen-bond acceptors (Lipinski definition) is 3. The average Bonchev–Trinajstić information content (AvgIpc) is 2.26. The highest BCUT2D eigenvalue weighted by molar-refractivity contribution is 5.80. The van der Waals surface area contributed by atoms with Crippen molar-refractivity contribution in [1.29, 1.82) is 0 Å². The summed E-state index contributed by atoms with van der Waals surface area (Å²) in [6.07, 6.45) is -0.691. The lowest BCUT2D eigenvalue weighted by atomic mass is 10.1. The van der Waals surface area contributed by atoms with E-state index in [0.717, 1.165) is 11.1 Å². The van der Waals surface area contributed by atoms with Gasteiger partial charge >= 0.3 is 0 Å². The molecule has 0 bridgehead atoms. The van der Waals surface area contributed by atoms with Crippen molar-refractivity contribution in [1.82, 2.24) is 5.32 Å². The number of amides is 1. The van der Waals surface area contributed by atoms with Crippen LogP contribution in [-0.4, -0.2) is 23.6 Å². The predicted molar refractivity (Wildman–Crippen MR) is 62.8 cm³/mol. The van der Waals surface area contributed by atoms with E-state index in [1.165, 1.54) is 0 Å². The third-order valence-electron chi connectivity index (χ3n) is 2.35. The van der Waals surface area contributed by atoms with Crippen LogP contribution in [0.4, 0.5) is 0 Å². The van der Waals surface area contributed by atoms with Crippen molar-refractivity contribution in [3.05, 3.63) is 35.4 Å². The number of aliphatic hydroxyl groups is 1. The number of hydrogen-bond donors (Lipinski definition) is 3. The van der Waals surface area contributed by atoms with Crippen LogP contribution in [0.2, 0.25) is 0 Å². The van der Waals surface area contributed by atoms with E-state index < -0.39 is 12.1 Å². The summed E-state index contributed by atoms with van der Waals surface area (Å²) in [6.45, 7) is 3.77. The zero-order valence-electron chi connectivity index (χ0n) is 9.60. The van der Waals surface area contributed by atoms with E-state index >= 15 is 0 Å². The number of aliphatic hydroxyl groups excluding tert-OH is 1. The molecule has 0 aliphatic carbocycles. The normalized spacial score (nSPS) is 14.2. The minimum absolute atomic E-state index is 0.184. The molecule has 1 amide bonds. The molecule has 4 heteroatoms. The van der Waals surface area contributed by atoms with Gasteiger partial charge in [-0.05, 0) is 19.4 Å². The first kappa shape index (κ1) is 12.7. The summed E-state index contributed by atoms with van der Waals surface area (Å²) in [5.41, 5.74) is 7.31. The molecule has 88 valence electrons. The van der Waals surface area contributed by atoms with Crippen molar-refractivity contribution in [2.45, 2.75) is 26.0 Å². The molecule has 0 heterocycles. The van der Waals surface area contributed by atoms with Crippen LogP contribution in [0.1, 0.15) is 24.2 Å². The lowest BCUT2D eigenvalue weighted by molar-refractivity contribution is -0.122. The molecule has 0 saturated carbocycles. The number of nitrogens with two attached hydrogens (primary N) is 1. The van der Waals surface area contributed by atoms with Crippen LogP contribution >= 0.6 is 0 Å². The summed E-state index contributed by atoms with van der Waals surface area (Å²) < 4.78 is 0. The molecule has 16 heavy (non-hydrogen) atoms. The van der Waals surface area contributed by atoms with Crippen LogP contribution in [0, 0.1) is 6.92 Å². The molecular weight excluding hydrogens is 204 g/mol. The van der Waals surface area contributed by atoms with E-state index in [1.807, 2.05) is 31.2 Å². The van der Waals surface area contributed by atoms with Gasteiger partial charge in [-0.3, -0.25) is 4.79 Å². The number of nitrogens with one attached hydrogen (secondary N) is 1. The molecule has 4 nitrogen and oxygen atoms in total. The van der Waals surface area contributed by atoms with Gasteiger partial charge in [0, 0.05) is 6.54 Å². The zero-order valence-corrected chi connectivity index (χ0v) is 9.60. The number of carbonyl (C=O) groups is 1. The molecule has 0 aliphatic rings. The number of carbonyl (C=O) groups excluding carboxylic acids is 1. The Hall–Kier alpha value is -1.39. The highest BCUT2D eigenvalue weighted by atomic mass is 16.3. The monoisotopic (exact) mass is 222 g/mol. The second-order valence-electron chi connectivity index (χ2n) is 3.96. The van der Waals surface area contributed by atoms with Gasteiger partial charge in [0.05, 0.1) is 12.1 Å². The van der Waals surface area contributed by atoms with Crippen LogP contribution in [0.3, 0.4) is 0 Å². The quantitative estimate of drug-likeness (QED) is 0.694. The van der Waals surface area contributed by atoms with Crippen molar-refractivity contribution in [2.24, 2.45) is 5.73 Å². The van der Waals surface area contributed by atoms with Gasteiger partial charge in [-0.2, -0.15) is 0 Å². The fraction of sp³-hybridized carbons (Fsp3) is 0.417. The van der Waals surface area contributed by atoms with Crippen LogP contribution in [-0.2, 0) is 4.79 Å². The van der Waals surface area contributed by atoms with Crippen molar-refractivity contribution < 1.29 is 9.90 Å². The molecule has 1 aromatic rings. The second-order valence-corrected chi connectivity index (χ2v) is 3.96. The molecule has 0 aliphatic heterocycles. The number of rotatable bonds is 4. The van der Waals surface area contributed by atoms with Gasteiger partial charge in [0.1, 0.15) is 0 Å². The lowest BCUT2D eigenvalue weighted by Gasteiger charge is -2.13. The van der Waals surface area contributed by atoms with Crippen LogP contribution in [0.5, 0.6) is 0 Å². The summed E-state index contributed by atoms with van der Waals surface area (Å²) in [4.78, 5) is 11.2. The Balaban J connectivity index is 2.49. The highest BCUT2D eigenvalue weighted by Gasteiger charge is 2.11. The van der Waals surface area contributed by atoms with E-state index in [-0.39, 0.29) is 12.5 Å². The fourth-order valence-corrected chi connectivity index (χ4v) is 1.26. The second kappa shape index (κ2) is 5.63. The first-order chi connectivity index (χ1) is 7.50. The van der Waals surface area contributed by atoms with E-state index in [2.05, 4.69) is 5.32 Å². The third-order valence-corrected chi connectivity index (χ3v) is 2.35. The minimum atomic E-state index is -0.691. The summed E-state index contributed by atoms with van der Waals surface area (Å²) in [5, 5.41) is 12.4. The summed E-state index contributed by atoms with van der Waals surface area (Å²) in [7, 11) is 0. The Kier molecular flexibility index (Phi) is 4.46. The van der Waals surface area contributed by atoms with Crippen LogP contribution in [0.25, 0.3) is 0 Å². The Morgan fingerprint density at radius 1 is 1.44 bits per heavy atom. The van der Waals surface area contributed by atoms with Gasteiger partial charge in [-0.1, -0.05) is 29.8 Å². The van der Waals surface area contributed by atoms with Gasteiger partial charge in [0.2, 0.25) is 5.91 Å². The first-order valence-corrected chi connectivity index (χ1v) is 5.28. The first-order valence-electron chi connectivity index (χ1n) is 5.28. The SMILES string of the molecule is Cc1ccc(C(O)CNC(=O)C(C)N)cc1. The Morgan fingerprint density at radius 2 is 2.00 bits per heavy atom. The maximum absolute atomic E-state index is 11.2. The van der Waals surface area contributed by atoms with Crippen molar-refractivity contribution in [3.8, 4) is 0 Å². The maximum Gasteiger partial charge on any atom is 0.236 e. The van der Waals surface area contributed by atoms with E-state index in [0.29, 0.717) is 0 Å². The van der Waals surface area contributed by atoms with E-state index in [4.69, 9.17) is 5.73 Å².